The second-order valence-electron chi connectivity index (χ2n) is 14.3. The smallest absolute Gasteiger partial charge is 0.344 e. The van der Waals surface area contributed by atoms with Crippen LogP contribution in [-0.4, -0.2) is 24.2 Å². The van der Waals surface area contributed by atoms with Gasteiger partial charge in [0.2, 0.25) is 0 Å². The summed E-state index contributed by atoms with van der Waals surface area (Å²) < 4.78 is 0. The number of benzene rings is 4. The molecule has 0 amide bonds. The molecule has 4 aromatic carbocycles. The Morgan fingerprint density at radius 2 is 0.818 bits per heavy atom. The van der Waals surface area contributed by atoms with Gasteiger partial charge in [0.1, 0.15) is 6.15 Å². The first-order chi connectivity index (χ1) is 26.3. The quantitative estimate of drug-likeness (QED) is 0.110. The Kier molecular flexibility index (Phi) is 20.9. The molecule has 5 aromatic rings. The van der Waals surface area contributed by atoms with Gasteiger partial charge < -0.3 is 4.98 Å². The van der Waals surface area contributed by atoms with Gasteiger partial charge in [-0.05, 0) is 104 Å². The first kappa shape index (κ1) is 46.0. The maximum absolute atomic E-state index is 4.64. The fourth-order valence-corrected chi connectivity index (χ4v) is 6.91. The van der Waals surface area contributed by atoms with Crippen LogP contribution in [0.15, 0.2) is 127 Å². The summed E-state index contributed by atoms with van der Waals surface area (Å²) in [6, 6.07) is 43.5. The monoisotopic (exact) mass is 812 g/mol. The third-order valence-electron chi connectivity index (χ3n) is 9.00. The van der Waals surface area contributed by atoms with Crippen LogP contribution in [0.4, 0.5) is 0 Å². The predicted octanol–water partition coefficient (Wildman–Crippen LogP) is 9.70. The summed E-state index contributed by atoms with van der Waals surface area (Å²) in [7, 11) is -1.31. The van der Waals surface area contributed by atoms with Gasteiger partial charge in [-0.25, -0.2) is 6.08 Å². The number of unbranched alkanes of at least 4 members (excludes halogenated alkanes) is 1. The average molecular weight is 814 g/mol. The van der Waals surface area contributed by atoms with E-state index in [1.54, 1.807) is 0 Å². The SMILES string of the molecule is CCC/C=C/c1nc(C)c(C=[C-][Si](C)(C)C)nc1C.[CH]1[CH][CH][CH][CH]1.[CH]1[CH][CH][CH][CH]1.[Zr+2].c1ccc([B-](c2ccccc2)(c2ccccc2)c2ccccc2)cc1. The maximum Gasteiger partial charge on any atom is 2.00 e. The van der Waals surface area contributed by atoms with Gasteiger partial charge in [0.15, 0.2) is 0 Å². The van der Waals surface area contributed by atoms with E-state index in [9.17, 15) is 0 Å². The molecule has 2 nitrogen and oxygen atoms in total. The topological polar surface area (TPSA) is 25.8 Å². The van der Waals surface area contributed by atoms with Gasteiger partial charge in [0.25, 0.3) is 0 Å². The molecular formula is C50H55BN2SiZr. The van der Waals surface area contributed by atoms with Crippen molar-refractivity contribution in [3.63, 3.8) is 0 Å². The van der Waals surface area contributed by atoms with Crippen LogP contribution < -0.4 is 21.9 Å². The molecule has 10 radical (unpaired) electrons. The summed E-state index contributed by atoms with van der Waals surface area (Å²) in [5, 5.41) is 0. The van der Waals surface area contributed by atoms with E-state index in [-0.39, 0.29) is 26.2 Å². The summed E-state index contributed by atoms with van der Waals surface area (Å²) in [5.74, 6) is 0. The van der Waals surface area contributed by atoms with E-state index in [4.69, 9.17) is 0 Å². The molecular weight excluding hydrogens is 759 g/mol. The number of hydrogen-bond donors (Lipinski definition) is 0. The molecule has 1 aromatic heterocycles. The summed E-state index contributed by atoms with van der Waals surface area (Å²) in [5.41, 5.74) is 12.7. The Balaban J connectivity index is 0.000000237. The van der Waals surface area contributed by atoms with Crippen LogP contribution in [0.25, 0.3) is 12.2 Å². The van der Waals surface area contributed by atoms with E-state index in [1.165, 1.54) is 21.9 Å². The van der Waals surface area contributed by atoms with Crippen LogP contribution in [0.2, 0.25) is 19.6 Å². The second kappa shape index (κ2) is 25.0. The fraction of sp³-hybridized carbons (Fsp3) is 0.160. The van der Waals surface area contributed by atoms with Gasteiger partial charge in [-0.1, -0.05) is 166 Å². The number of hydrogen-bond acceptors (Lipinski definition) is 2. The fourth-order valence-electron chi connectivity index (χ4n) is 6.34. The third kappa shape index (κ3) is 14.9. The Morgan fingerprint density at radius 3 is 1.13 bits per heavy atom. The van der Waals surface area contributed by atoms with E-state index in [1.807, 2.05) is 84.1 Å². The summed E-state index contributed by atoms with van der Waals surface area (Å²) in [4.78, 5) is 9.28. The van der Waals surface area contributed by atoms with Crippen LogP contribution in [0.5, 0.6) is 0 Å². The van der Waals surface area contributed by atoms with Crippen molar-refractivity contribution in [3.05, 3.63) is 220 Å². The molecule has 276 valence electrons. The van der Waals surface area contributed by atoms with Crippen molar-refractivity contribution in [2.75, 3.05) is 0 Å². The molecule has 0 saturated heterocycles. The molecule has 2 aliphatic carbocycles. The van der Waals surface area contributed by atoms with Crippen molar-refractivity contribution >= 4 is 48.2 Å². The van der Waals surface area contributed by atoms with Crippen LogP contribution in [0, 0.1) is 83.8 Å². The zero-order valence-electron chi connectivity index (χ0n) is 33.4. The van der Waals surface area contributed by atoms with Crippen molar-refractivity contribution in [2.45, 2.75) is 53.3 Å². The van der Waals surface area contributed by atoms with Crippen molar-refractivity contribution in [2.24, 2.45) is 0 Å². The zero-order chi connectivity index (χ0) is 38.5. The first-order valence-corrected chi connectivity index (χ1v) is 22.6. The minimum absolute atomic E-state index is 0. The van der Waals surface area contributed by atoms with Crippen LogP contribution >= 0.6 is 0 Å². The zero-order valence-corrected chi connectivity index (χ0v) is 36.9. The molecule has 0 unspecified atom stereocenters. The van der Waals surface area contributed by atoms with Crippen LogP contribution in [-0.2, 0) is 26.2 Å². The first-order valence-electron chi connectivity index (χ1n) is 19.1. The van der Waals surface area contributed by atoms with Crippen molar-refractivity contribution in [1.82, 2.24) is 9.97 Å². The van der Waals surface area contributed by atoms with E-state index < -0.39 is 14.2 Å². The number of nitrogens with zero attached hydrogens (tertiary/aromatic N) is 2. The van der Waals surface area contributed by atoms with Crippen molar-refractivity contribution in [1.29, 1.82) is 0 Å². The minimum Gasteiger partial charge on any atom is -0.344 e. The average Bonchev–Trinajstić information content (AvgIpc) is 3.99. The van der Waals surface area contributed by atoms with Crippen LogP contribution in [0.1, 0.15) is 42.5 Å². The molecule has 1 heterocycles. The minimum atomic E-state index is -1.31. The van der Waals surface area contributed by atoms with Gasteiger partial charge in [0, 0.05) is 5.69 Å². The Morgan fingerprint density at radius 1 is 0.509 bits per heavy atom. The van der Waals surface area contributed by atoms with E-state index >= 15 is 0 Å². The molecule has 7 rings (SSSR count). The molecule has 0 atom stereocenters. The Labute approximate surface area is 355 Å². The molecule has 0 N–H and O–H groups in total. The number of rotatable bonds is 9. The normalized spacial score (nSPS) is 13.9. The van der Waals surface area contributed by atoms with Crippen molar-refractivity contribution < 1.29 is 26.2 Å². The maximum atomic E-state index is 4.64. The Bertz CT molecular complexity index is 1620. The van der Waals surface area contributed by atoms with E-state index in [0.717, 1.165) is 35.6 Å². The molecule has 2 saturated carbocycles. The molecule has 2 fully saturated rings. The van der Waals surface area contributed by atoms with Crippen LogP contribution in [0.3, 0.4) is 0 Å². The van der Waals surface area contributed by atoms with Gasteiger partial charge in [-0.15, -0.1) is 0 Å². The predicted molar refractivity (Wildman–Crippen MR) is 240 cm³/mol. The molecule has 0 bridgehead atoms. The summed E-state index contributed by atoms with van der Waals surface area (Å²) >= 11 is 0. The Hall–Kier alpha value is -3.40. The number of aryl methyl sites for hydroxylation is 2. The molecule has 0 aliphatic heterocycles. The standard InChI is InChI=1S/C24H20B.C16H25N2Si.2C5H5.Zr/c1-5-13-21(14-6-1)25(22-15-7-2-8-16-22,23-17-9-3-10-18-23)24-19-11-4-12-20-24;1-7-8-9-10-15-13(2)18-16(14(3)17-15)11-12-19(4,5)6;2*1-2-4-5-3-1;/h1-20H;9-11H,7-8H2,1-6H3;2*1-5H;/q2*-1;;;+2/b;10-9+;;;. The van der Waals surface area contributed by atoms with Gasteiger partial charge in [-0.3, -0.25) is 10.7 Å². The molecule has 5 heteroatoms. The number of aromatic nitrogens is 2. The third-order valence-corrected chi connectivity index (χ3v) is 10.0. The van der Waals surface area contributed by atoms with E-state index in [2.05, 4.69) is 176 Å². The van der Waals surface area contributed by atoms with Gasteiger partial charge in [-0.2, -0.15) is 21.9 Å². The molecule has 55 heavy (non-hydrogen) atoms. The molecule has 0 spiro atoms. The largest absolute Gasteiger partial charge is 2.00 e. The summed E-state index contributed by atoms with van der Waals surface area (Å²) in [6.07, 6.45) is 27.3. The van der Waals surface area contributed by atoms with E-state index in [0.29, 0.717) is 0 Å². The second-order valence-corrected chi connectivity index (χ2v) is 19.1. The number of allylic oxidation sites excluding steroid dienone is 1. The van der Waals surface area contributed by atoms with Crippen molar-refractivity contribution in [3.8, 4) is 0 Å². The summed E-state index contributed by atoms with van der Waals surface area (Å²) in [6.45, 7) is 13.0. The molecule has 2 aliphatic rings. The van der Waals surface area contributed by atoms with Gasteiger partial charge in [0.05, 0.1) is 5.69 Å². The van der Waals surface area contributed by atoms with Gasteiger partial charge >= 0.3 is 26.2 Å².